The predicted molar refractivity (Wildman–Crippen MR) is 83.6 cm³/mol. The van der Waals surface area contributed by atoms with Crippen molar-refractivity contribution in [2.75, 3.05) is 0 Å². The Morgan fingerprint density at radius 3 is 2.30 bits per heavy atom. The summed E-state index contributed by atoms with van der Waals surface area (Å²) in [7, 11) is 0. The number of nitro benzene ring substituents is 1. The number of aliphatic hydroxyl groups excluding tert-OH is 1. The number of aliphatic hydroxyl groups is 1. The fourth-order valence-electron chi connectivity index (χ4n) is 2.20. The van der Waals surface area contributed by atoms with Gasteiger partial charge in [0.05, 0.1) is 24.3 Å². The number of hydrogen-bond donors (Lipinski definition) is 1. The molecule has 3 aromatic rings. The largest absolute Gasteiger partial charge is 0.392 e. The average Bonchev–Trinajstić information content (AvgIpc) is 3.04. The fourth-order valence-corrected chi connectivity index (χ4v) is 2.20. The van der Waals surface area contributed by atoms with Gasteiger partial charge in [-0.3, -0.25) is 10.1 Å². The van der Waals surface area contributed by atoms with Crippen molar-refractivity contribution >= 4 is 5.69 Å². The fraction of sp³-hybridized carbons (Fsp3) is 0.125. The molecule has 0 atom stereocenters. The molecule has 1 N–H and O–H groups in total. The van der Waals surface area contributed by atoms with E-state index in [1.165, 1.54) is 12.1 Å². The Hall–Kier alpha value is -3.06. The average molecular weight is 310 g/mol. The molecule has 1 heterocycles. The van der Waals surface area contributed by atoms with Crippen molar-refractivity contribution in [3.8, 4) is 11.3 Å². The molecule has 3 rings (SSSR count). The van der Waals surface area contributed by atoms with Crippen molar-refractivity contribution in [1.29, 1.82) is 0 Å². The second kappa shape index (κ2) is 6.37. The zero-order valence-electron chi connectivity index (χ0n) is 12.2. The van der Waals surface area contributed by atoms with Crippen molar-refractivity contribution in [3.63, 3.8) is 0 Å². The van der Waals surface area contributed by atoms with Gasteiger partial charge in [-0.25, -0.2) is 4.68 Å². The summed E-state index contributed by atoms with van der Waals surface area (Å²) in [6.07, 6.45) is 1.81. The Morgan fingerprint density at radius 1 is 1.04 bits per heavy atom. The zero-order valence-corrected chi connectivity index (χ0v) is 12.2. The van der Waals surface area contributed by atoms with Crippen LogP contribution >= 0.6 is 0 Å². The molecule has 0 bridgehead atoms. The molecule has 0 unspecified atom stereocenters. The first-order valence-corrected chi connectivity index (χ1v) is 6.99. The van der Waals surface area contributed by atoms with Crippen LogP contribution in [0.25, 0.3) is 11.3 Å². The SMILES string of the molecule is O=[N+]([O-])c1ccc(Cn2cc(-c3ccc(CO)cc3)nn2)cc1. The van der Waals surface area contributed by atoms with Crippen LogP contribution in [0.5, 0.6) is 0 Å². The molecular formula is C16H14N4O3. The summed E-state index contributed by atoms with van der Waals surface area (Å²) in [5.74, 6) is 0. The number of aromatic nitrogens is 3. The first kappa shape index (κ1) is 14.9. The summed E-state index contributed by atoms with van der Waals surface area (Å²) in [6.45, 7) is 0.493. The molecule has 23 heavy (non-hydrogen) atoms. The zero-order chi connectivity index (χ0) is 16.2. The van der Waals surface area contributed by atoms with E-state index in [1.54, 1.807) is 16.8 Å². The molecular weight excluding hydrogens is 296 g/mol. The first-order chi connectivity index (χ1) is 11.2. The molecule has 0 radical (unpaired) electrons. The third kappa shape index (κ3) is 3.41. The summed E-state index contributed by atoms with van der Waals surface area (Å²) in [6, 6.07) is 13.8. The minimum Gasteiger partial charge on any atom is -0.392 e. The maximum Gasteiger partial charge on any atom is 0.269 e. The first-order valence-electron chi connectivity index (χ1n) is 6.99. The number of nitrogens with zero attached hydrogens (tertiary/aromatic N) is 4. The van der Waals surface area contributed by atoms with Crippen LogP contribution in [0.4, 0.5) is 5.69 Å². The van der Waals surface area contributed by atoms with Crippen molar-refractivity contribution in [2.24, 2.45) is 0 Å². The van der Waals surface area contributed by atoms with E-state index in [9.17, 15) is 10.1 Å². The highest BCUT2D eigenvalue weighted by Crippen LogP contribution is 2.18. The molecule has 2 aromatic carbocycles. The molecule has 0 aliphatic rings. The van der Waals surface area contributed by atoms with Gasteiger partial charge >= 0.3 is 0 Å². The lowest BCUT2D eigenvalue weighted by Crippen LogP contribution is -2.00. The highest BCUT2D eigenvalue weighted by atomic mass is 16.6. The third-order valence-corrected chi connectivity index (χ3v) is 3.46. The van der Waals surface area contributed by atoms with E-state index in [0.717, 1.165) is 22.4 Å². The van der Waals surface area contributed by atoms with Crippen LogP contribution in [-0.2, 0) is 13.2 Å². The standard InChI is InChI=1S/C16H14N4O3/c21-11-13-1-5-14(6-2-13)16-10-19(18-17-16)9-12-3-7-15(8-4-12)20(22)23/h1-8,10,21H,9,11H2. The summed E-state index contributed by atoms with van der Waals surface area (Å²) in [5.41, 5.74) is 3.46. The predicted octanol–water partition coefficient (Wildman–Crippen LogP) is 2.39. The van der Waals surface area contributed by atoms with Crippen LogP contribution in [0.3, 0.4) is 0 Å². The van der Waals surface area contributed by atoms with Crippen molar-refractivity contribution in [3.05, 3.63) is 76.0 Å². The van der Waals surface area contributed by atoms with Gasteiger partial charge in [-0.2, -0.15) is 0 Å². The van der Waals surface area contributed by atoms with Crippen LogP contribution in [0, 0.1) is 10.1 Å². The lowest BCUT2D eigenvalue weighted by molar-refractivity contribution is -0.384. The maximum absolute atomic E-state index is 10.6. The summed E-state index contributed by atoms with van der Waals surface area (Å²) in [4.78, 5) is 10.2. The number of nitro groups is 1. The number of non-ortho nitro benzene ring substituents is 1. The second-order valence-corrected chi connectivity index (χ2v) is 5.08. The van der Waals surface area contributed by atoms with Gasteiger partial charge in [0.2, 0.25) is 0 Å². The summed E-state index contributed by atoms with van der Waals surface area (Å²) in [5, 5.41) is 27.9. The molecule has 0 saturated heterocycles. The van der Waals surface area contributed by atoms with Gasteiger partial charge in [-0.05, 0) is 11.1 Å². The Balaban J connectivity index is 1.74. The molecule has 116 valence electrons. The van der Waals surface area contributed by atoms with E-state index in [1.807, 2.05) is 30.5 Å². The number of hydrogen-bond acceptors (Lipinski definition) is 5. The van der Waals surface area contributed by atoms with E-state index in [-0.39, 0.29) is 12.3 Å². The Bertz CT molecular complexity index is 810. The molecule has 0 fully saturated rings. The lowest BCUT2D eigenvalue weighted by atomic mass is 10.1. The van der Waals surface area contributed by atoms with Gasteiger partial charge in [-0.15, -0.1) is 5.10 Å². The second-order valence-electron chi connectivity index (χ2n) is 5.08. The van der Waals surface area contributed by atoms with Crippen molar-refractivity contribution < 1.29 is 10.0 Å². The Morgan fingerprint density at radius 2 is 1.70 bits per heavy atom. The third-order valence-electron chi connectivity index (χ3n) is 3.46. The molecule has 0 aliphatic heterocycles. The van der Waals surface area contributed by atoms with Crippen molar-refractivity contribution in [2.45, 2.75) is 13.2 Å². The number of benzene rings is 2. The Labute approximate surface area is 132 Å². The molecule has 0 spiro atoms. The minimum absolute atomic E-state index is 0.00706. The maximum atomic E-state index is 10.6. The summed E-state index contributed by atoms with van der Waals surface area (Å²) < 4.78 is 1.68. The van der Waals surface area contributed by atoms with Gasteiger partial charge in [0.1, 0.15) is 5.69 Å². The molecule has 0 amide bonds. The molecule has 7 heteroatoms. The van der Waals surface area contributed by atoms with Crippen LogP contribution in [0.2, 0.25) is 0 Å². The van der Waals surface area contributed by atoms with E-state index >= 15 is 0 Å². The molecule has 0 saturated carbocycles. The van der Waals surface area contributed by atoms with E-state index < -0.39 is 4.92 Å². The van der Waals surface area contributed by atoms with E-state index in [0.29, 0.717) is 6.54 Å². The molecule has 1 aromatic heterocycles. The highest BCUT2D eigenvalue weighted by Gasteiger charge is 2.07. The topological polar surface area (TPSA) is 94.1 Å². The van der Waals surface area contributed by atoms with Crippen LogP contribution in [0.15, 0.2) is 54.7 Å². The Kier molecular flexibility index (Phi) is 4.11. The molecule has 0 aliphatic carbocycles. The molecule has 7 nitrogen and oxygen atoms in total. The van der Waals surface area contributed by atoms with Gasteiger partial charge in [0.15, 0.2) is 0 Å². The monoisotopic (exact) mass is 310 g/mol. The van der Waals surface area contributed by atoms with Crippen LogP contribution in [-0.4, -0.2) is 25.0 Å². The van der Waals surface area contributed by atoms with Crippen LogP contribution < -0.4 is 0 Å². The van der Waals surface area contributed by atoms with Crippen LogP contribution in [0.1, 0.15) is 11.1 Å². The van der Waals surface area contributed by atoms with Gasteiger partial charge < -0.3 is 5.11 Å². The van der Waals surface area contributed by atoms with Gasteiger partial charge in [0.25, 0.3) is 5.69 Å². The van der Waals surface area contributed by atoms with Gasteiger partial charge in [-0.1, -0.05) is 41.6 Å². The minimum atomic E-state index is -0.423. The lowest BCUT2D eigenvalue weighted by Gasteiger charge is -2.00. The van der Waals surface area contributed by atoms with E-state index in [2.05, 4.69) is 10.3 Å². The highest BCUT2D eigenvalue weighted by molar-refractivity contribution is 5.57. The number of rotatable bonds is 5. The normalized spacial score (nSPS) is 10.7. The quantitative estimate of drug-likeness (QED) is 0.577. The van der Waals surface area contributed by atoms with E-state index in [4.69, 9.17) is 5.11 Å². The van der Waals surface area contributed by atoms with Crippen molar-refractivity contribution in [1.82, 2.24) is 15.0 Å². The smallest absolute Gasteiger partial charge is 0.269 e. The van der Waals surface area contributed by atoms with Gasteiger partial charge in [0, 0.05) is 17.7 Å². The summed E-state index contributed by atoms with van der Waals surface area (Å²) >= 11 is 0.